The highest BCUT2D eigenvalue weighted by molar-refractivity contribution is 7.26. The van der Waals surface area contributed by atoms with Crippen molar-refractivity contribution < 1.29 is 4.99 Å². The molecule has 0 radical (unpaired) electrons. The molecule has 5 heteroatoms. The van der Waals surface area contributed by atoms with Crippen molar-refractivity contribution in [2.75, 3.05) is 0 Å². The van der Waals surface area contributed by atoms with Crippen molar-refractivity contribution >= 4 is 59.2 Å². The van der Waals surface area contributed by atoms with Crippen molar-refractivity contribution in [1.29, 1.82) is 0 Å². The lowest BCUT2D eigenvalue weighted by atomic mass is 9.99. The lowest BCUT2D eigenvalue weighted by Crippen LogP contribution is -2.85. The van der Waals surface area contributed by atoms with E-state index in [4.69, 9.17) is 0 Å². The quantitative estimate of drug-likeness (QED) is 0.159. The minimum Gasteiger partial charge on any atom is -0.309 e. The van der Waals surface area contributed by atoms with Crippen LogP contribution < -0.4 is 15.6 Å². The summed E-state index contributed by atoms with van der Waals surface area (Å²) in [5.74, 6) is 1.00. The molecular weight excluding hydrogens is 701 g/mol. The molecule has 0 saturated carbocycles. The fraction of sp³-hybridized carbons (Fsp3) is 0.0392. The summed E-state index contributed by atoms with van der Waals surface area (Å²) in [6.07, 6.45) is -0.211. The van der Waals surface area contributed by atoms with E-state index in [0.717, 1.165) is 22.6 Å². The van der Waals surface area contributed by atoms with Crippen molar-refractivity contribution in [1.82, 2.24) is 15.2 Å². The fourth-order valence-corrected chi connectivity index (χ4v) is 9.69. The zero-order valence-corrected chi connectivity index (χ0v) is 31.3. The van der Waals surface area contributed by atoms with Gasteiger partial charge in [0, 0.05) is 47.8 Å². The van der Waals surface area contributed by atoms with Crippen LogP contribution in [0.4, 0.5) is 0 Å². The number of fused-ring (bicyclic) bond motifs is 6. The molecule has 1 aliphatic rings. The number of hydrogen-bond donors (Lipinski definition) is 3. The lowest BCUT2D eigenvalue weighted by Gasteiger charge is -2.27. The van der Waals surface area contributed by atoms with Crippen LogP contribution in [0, 0.1) is 0 Å². The monoisotopic (exact) mass is 737 g/mol. The van der Waals surface area contributed by atoms with Gasteiger partial charge in [0.05, 0.1) is 16.6 Å². The maximum absolute atomic E-state index is 3.86. The predicted molar refractivity (Wildman–Crippen MR) is 234 cm³/mol. The van der Waals surface area contributed by atoms with Crippen LogP contribution in [0.3, 0.4) is 0 Å². The zero-order chi connectivity index (χ0) is 37.0. The third-order valence-electron chi connectivity index (χ3n) is 11.2. The molecule has 0 aliphatic carbocycles. The van der Waals surface area contributed by atoms with Crippen molar-refractivity contribution in [2.24, 2.45) is 0 Å². The summed E-state index contributed by atoms with van der Waals surface area (Å²) in [5.41, 5.74) is 11.9. The van der Waals surface area contributed by atoms with E-state index >= 15 is 0 Å². The van der Waals surface area contributed by atoms with Crippen LogP contribution >= 0.6 is 11.3 Å². The number of thiophene rings is 1. The Labute approximate surface area is 329 Å². The van der Waals surface area contributed by atoms with Crippen LogP contribution in [-0.4, -0.2) is 10.4 Å². The smallest absolute Gasteiger partial charge is 0.278 e. The molecule has 2 aromatic heterocycles. The number of nitrogens with one attached hydrogen (secondary N) is 3. The van der Waals surface area contributed by atoms with Gasteiger partial charge >= 0.3 is 0 Å². The van der Waals surface area contributed by atoms with Crippen molar-refractivity contribution in [3.8, 4) is 27.9 Å². The first-order valence-corrected chi connectivity index (χ1v) is 20.0. The second kappa shape index (κ2) is 13.5. The second-order valence-electron chi connectivity index (χ2n) is 14.5. The molecule has 10 aromatic rings. The molecule has 0 amide bonds. The Balaban J connectivity index is 1.08. The van der Waals surface area contributed by atoms with Crippen molar-refractivity contribution in [3.63, 3.8) is 0 Å². The average Bonchev–Trinajstić information content (AvgIpc) is 3.82. The Morgan fingerprint density at radius 3 is 1.88 bits per heavy atom. The van der Waals surface area contributed by atoms with Crippen LogP contribution in [0.15, 0.2) is 194 Å². The van der Waals surface area contributed by atoms with E-state index in [1.165, 1.54) is 69.8 Å². The molecule has 2 unspecified atom stereocenters. The standard InChI is InChI=1S/C51H36N4S/c1-4-14-33(15-5-1)36-26-28-45-43(31-36)44-32-37(40-23-13-24-42-41-22-10-11-25-47(41)56-48(40)42)27-29-46(44)55(45)39-21-12-20-38(30-39)51-53-49(34-16-6-2-7-17-34)52-50(54-51)35-18-8-3-9-19-35/h1-32,49,51,53H,(H,52,54)/p+1. The molecule has 3 heterocycles. The van der Waals surface area contributed by atoms with Gasteiger partial charge in [-0.1, -0.05) is 140 Å². The maximum Gasteiger partial charge on any atom is 0.278 e. The van der Waals surface area contributed by atoms with Gasteiger partial charge in [0.25, 0.3) is 5.84 Å². The molecule has 11 rings (SSSR count). The summed E-state index contributed by atoms with van der Waals surface area (Å²) in [7, 11) is 0. The average molecular weight is 738 g/mol. The molecule has 2 atom stereocenters. The first-order chi connectivity index (χ1) is 27.7. The van der Waals surface area contributed by atoms with E-state index in [0.29, 0.717) is 0 Å². The molecule has 8 aromatic carbocycles. The highest BCUT2D eigenvalue weighted by Gasteiger charge is 2.31. The zero-order valence-electron chi connectivity index (χ0n) is 30.5. The predicted octanol–water partition coefficient (Wildman–Crippen LogP) is 10.9. The Bertz CT molecular complexity index is 3090. The number of rotatable bonds is 6. The molecule has 4 nitrogen and oxygen atoms in total. The highest BCUT2D eigenvalue weighted by atomic mass is 32.1. The van der Waals surface area contributed by atoms with Crippen LogP contribution in [0.1, 0.15) is 29.0 Å². The first-order valence-electron chi connectivity index (χ1n) is 19.2. The highest BCUT2D eigenvalue weighted by Crippen LogP contribution is 2.42. The van der Waals surface area contributed by atoms with Gasteiger partial charge in [0.2, 0.25) is 0 Å². The molecule has 0 fully saturated rings. The fourth-order valence-electron chi connectivity index (χ4n) is 8.45. The Morgan fingerprint density at radius 1 is 0.464 bits per heavy atom. The van der Waals surface area contributed by atoms with Gasteiger partial charge in [0.15, 0.2) is 12.3 Å². The van der Waals surface area contributed by atoms with Gasteiger partial charge in [0.1, 0.15) is 0 Å². The van der Waals surface area contributed by atoms with E-state index in [1.807, 2.05) is 11.3 Å². The Hall–Kier alpha value is -6.79. The Morgan fingerprint density at radius 2 is 1.09 bits per heavy atom. The van der Waals surface area contributed by atoms with Crippen LogP contribution in [-0.2, 0) is 0 Å². The van der Waals surface area contributed by atoms with Gasteiger partial charge in [-0.05, 0) is 76.9 Å². The minimum atomic E-state index is -0.136. The number of benzene rings is 8. The topological polar surface area (TPSA) is 43.0 Å². The van der Waals surface area contributed by atoms with Gasteiger partial charge in [-0.25, -0.2) is 5.32 Å². The largest absolute Gasteiger partial charge is 0.309 e. The third kappa shape index (κ3) is 5.60. The van der Waals surface area contributed by atoms with Gasteiger partial charge in [-0.2, -0.15) is 0 Å². The normalized spacial score (nSPS) is 15.7. The second-order valence-corrected chi connectivity index (χ2v) is 15.6. The number of hydrogen-bond acceptors (Lipinski definition) is 3. The first kappa shape index (κ1) is 32.6. The minimum absolute atomic E-state index is 0.0743. The van der Waals surface area contributed by atoms with Gasteiger partial charge < -0.3 is 4.57 Å². The van der Waals surface area contributed by atoms with Crippen LogP contribution in [0.5, 0.6) is 0 Å². The molecular formula is C51H37N4S+. The van der Waals surface area contributed by atoms with Gasteiger partial charge in [-0.3, -0.25) is 10.3 Å². The summed E-state index contributed by atoms with van der Waals surface area (Å²) >= 11 is 1.88. The third-order valence-corrected chi connectivity index (χ3v) is 12.4. The maximum atomic E-state index is 3.86. The molecule has 0 spiro atoms. The molecule has 56 heavy (non-hydrogen) atoms. The van der Waals surface area contributed by atoms with Crippen LogP contribution in [0.2, 0.25) is 0 Å². The SMILES string of the molecule is c1ccc(C2=[NH+]C(c3cccc(-n4c5ccc(-c6ccccc6)cc5c5cc(-c6cccc7c6sc6ccccc67)ccc54)c3)NC(c3ccccc3)N2)cc1. The molecule has 1 aliphatic heterocycles. The molecule has 0 bridgehead atoms. The number of aromatic nitrogens is 1. The molecule has 266 valence electrons. The van der Waals surface area contributed by atoms with E-state index in [-0.39, 0.29) is 12.3 Å². The van der Waals surface area contributed by atoms with E-state index in [2.05, 4.69) is 214 Å². The van der Waals surface area contributed by atoms with E-state index in [9.17, 15) is 0 Å². The van der Waals surface area contributed by atoms with E-state index in [1.54, 1.807) is 0 Å². The summed E-state index contributed by atoms with van der Waals surface area (Å²) in [6.45, 7) is 0. The summed E-state index contributed by atoms with van der Waals surface area (Å²) in [5, 5.41) is 12.7. The molecule has 3 N–H and O–H groups in total. The number of nitrogens with zero attached hydrogens (tertiary/aromatic N) is 1. The number of amidine groups is 1. The van der Waals surface area contributed by atoms with Crippen LogP contribution in [0.25, 0.3) is 69.9 Å². The molecule has 0 saturated heterocycles. The Kier molecular flexibility index (Phi) is 7.87. The summed E-state index contributed by atoms with van der Waals surface area (Å²) in [4.78, 5) is 3.79. The summed E-state index contributed by atoms with van der Waals surface area (Å²) < 4.78 is 5.09. The van der Waals surface area contributed by atoms with Gasteiger partial charge in [-0.15, -0.1) is 11.3 Å². The van der Waals surface area contributed by atoms with Crippen molar-refractivity contribution in [3.05, 3.63) is 211 Å². The lowest BCUT2D eigenvalue weighted by molar-refractivity contribution is -0.527. The van der Waals surface area contributed by atoms with E-state index < -0.39 is 0 Å². The summed E-state index contributed by atoms with van der Waals surface area (Å²) in [6, 6.07) is 70.2. The van der Waals surface area contributed by atoms with Crippen molar-refractivity contribution in [2.45, 2.75) is 12.3 Å².